The van der Waals surface area contributed by atoms with E-state index < -0.39 is 0 Å². The van der Waals surface area contributed by atoms with E-state index in [1.165, 1.54) is 10.8 Å². The summed E-state index contributed by atoms with van der Waals surface area (Å²) in [6.07, 6.45) is 0. The summed E-state index contributed by atoms with van der Waals surface area (Å²) in [6.45, 7) is 0. The topological polar surface area (TPSA) is 34.1 Å². The standard InChI is InChI=1S/C32H20O2/c33-31(22-10-3-1-4-11-22)29-20-18-27-26-16-15-21-9-7-8-14-24(21)25(26)17-19-28(27)30(29)32(34)23-12-5-2-6-13-23/h1-20H. The molecule has 0 saturated carbocycles. The average molecular weight is 437 g/mol. The van der Waals surface area contributed by atoms with Crippen LogP contribution in [0.3, 0.4) is 0 Å². The maximum atomic E-state index is 13.8. The highest BCUT2D eigenvalue weighted by Gasteiger charge is 2.23. The maximum absolute atomic E-state index is 13.8. The Balaban J connectivity index is 1.68. The van der Waals surface area contributed by atoms with E-state index in [0.717, 1.165) is 21.5 Å². The second-order valence-corrected chi connectivity index (χ2v) is 8.42. The molecule has 0 N–H and O–H groups in total. The molecule has 0 aliphatic heterocycles. The van der Waals surface area contributed by atoms with Crippen molar-refractivity contribution >= 4 is 43.9 Å². The SMILES string of the molecule is O=C(c1ccccc1)c1ccc2c(ccc3c4ccccc4ccc23)c1C(=O)c1ccccc1. The number of rotatable bonds is 4. The third-order valence-corrected chi connectivity index (χ3v) is 6.47. The molecule has 160 valence electrons. The maximum Gasteiger partial charge on any atom is 0.194 e. The van der Waals surface area contributed by atoms with Gasteiger partial charge >= 0.3 is 0 Å². The first-order valence-corrected chi connectivity index (χ1v) is 11.3. The van der Waals surface area contributed by atoms with Crippen molar-refractivity contribution in [2.45, 2.75) is 0 Å². The van der Waals surface area contributed by atoms with Gasteiger partial charge in [-0.3, -0.25) is 9.59 Å². The van der Waals surface area contributed by atoms with Gasteiger partial charge in [0.15, 0.2) is 11.6 Å². The molecule has 2 heteroatoms. The first-order chi connectivity index (χ1) is 16.7. The largest absolute Gasteiger partial charge is 0.289 e. The highest BCUT2D eigenvalue weighted by Crippen LogP contribution is 2.35. The third kappa shape index (κ3) is 3.20. The van der Waals surface area contributed by atoms with Gasteiger partial charge in [0, 0.05) is 22.3 Å². The lowest BCUT2D eigenvalue weighted by Gasteiger charge is -2.15. The first kappa shape index (κ1) is 20.1. The zero-order valence-electron chi connectivity index (χ0n) is 18.4. The molecular weight excluding hydrogens is 416 g/mol. The molecule has 0 amide bonds. The number of benzene rings is 6. The molecule has 6 aromatic rings. The van der Waals surface area contributed by atoms with Crippen LogP contribution in [0.15, 0.2) is 121 Å². The zero-order chi connectivity index (χ0) is 23.1. The van der Waals surface area contributed by atoms with Crippen LogP contribution in [0.1, 0.15) is 31.8 Å². The van der Waals surface area contributed by atoms with Gasteiger partial charge in [0.1, 0.15) is 0 Å². The van der Waals surface area contributed by atoms with Gasteiger partial charge in [-0.1, -0.05) is 115 Å². The number of carbonyl (C=O) groups is 2. The van der Waals surface area contributed by atoms with Crippen LogP contribution in [-0.4, -0.2) is 11.6 Å². The first-order valence-electron chi connectivity index (χ1n) is 11.3. The molecular formula is C32H20O2. The average Bonchev–Trinajstić information content (AvgIpc) is 2.92. The summed E-state index contributed by atoms with van der Waals surface area (Å²) >= 11 is 0. The second kappa shape index (κ2) is 8.09. The Kier molecular flexibility index (Phi) is 4.78. The minimum atomic E-state index is -0.152. The van der Waals surface area contributed by atoms with Crippen LogP contribution in [0, 0.1) is 0 Å². The molecule has 34 heavy (non-hydrogen) atoms. The van der Waals surface area contributed by atoms with Crippen molar-refractivity contribution in [1.82, 2.24) is 0 Å². The summed E-state index contributed by atoms with van der Waals surface area (Å²) in [5, 5.41) is 6.29. The minimum absolute atomic E-state index is 0.148. The van der Waals surface area contributed by atoms with E-state index in [4.69, 9.17) is 0 Å². The Labute approximate surface area is 197 Å². The minimum Gasteiger partial charge on any atom is -0.289 e. The van der Waals surface area contributed by atoms with Crippen LogP contribution in [0.2, 0.25) is 0 Å². The van der Waals surface area contributed by atoms with E-state index in [2.05, 4.69) is 30.3 Å². The molecule has 0 saturated heterocycles. The van der Waals surface area contributed by atoms with Crippen LogP contribution < -0.4 is 0 Å². The Morgan fingerprint density at radius 1 is 0.382 bits per heavy atom. The Bertz CT molecular complexity index is 1720. The molecule has 0 radical (unpaired) electrons. The Morgan fingerprint density at radius 2 is 0.882 bits per heavy atom. The second-order valence-electron chi connectivity index (χ2n) is 8.42. The van der Waals surface area contributed by atoms with Gasteiger partial charge in [-0.2, -0.15) is 0 Å². The lowest BCUT2D eigenvalue weighted by atomic mass is 9.87. The summed E-state index contributed by atoms with van der Waals surface area (Å²) in [5.41, 5.74) is 2.01. The molecule has 0 heterocycles. The highest BCUT2D eigenvalue weighted by molar-refractivity contribution is 6.28. The van der Waals surface area contributed by atoms with Crippen molar-refractivity contribution in [2.24, 2.45) is 0 Å². The van der Waals surface area contributed by atoms with Crippen molar-refractivity contribution in [3.63, 3.8) is 0 Å². The van der Waals surface area contributed by atoms with Crippen LogP contribution in [0.4, 0.5) is 0 Å². The fourth-order valence-electron chi connectivity index (χ4n) is 4.82. The molecule has 0 spiro atoms. The van der Waals surface area contributed by atoms with E-state index in [1.807, 2.05) is 66.7 Å². The molecule has 6 aromatic carbocycles. The molecule has 0 aliphatic carbocycles. The predicted octanol–water partition coefficient (Wildman–Crippen LogP) is 7.61. The van der Waals surface area contributed by atoms with E-state index in [0.29, 0.717) is 22.3 Å². The number of fused-ring (bicyclic) bond motifs is 5. The fraction of sp³-hybridized carbons (Fsp3) is 0. The summed E-state index contributed by atoms with van der Waals surface area (Å²) in [6, 6.07) is 38.7. The molecule has 6 rings (SSSR count). The third-order valence-electron chi connectivity index (χ3n) is 6.47. The van der Waals surface area contributed by atoms with Crippen LogP contribution in [0.5, 0.6) is 0 Å². The smallest absolute Gasteiger partial charge is 0.194 e. The molecule has 0 atom stereocenters. The van der Waals surface area contributed by atoms with E-state index in [9.17, 15) is 9.59 Å². The van der Waals surface area contributed by atoms with E-state index in [1.54, 1.807) is 24.3 Å². The van der Waals surface area contributed by atoms with Crippen molar-refractivity contribution in [3.05, 3.63) is 144 Å². The van der Waals surface area contributed by atoms with E-state index in [-0.39, 0.29) is 11.6 Å². The normalized spacial score (nSPS) is 11.2. The summed E-state index contributed by atoms with van der Waals surface area (Å²) in [7, 11) is 0. The van der Waals surface area contributed by atoms with Gasteiger partial charge in [-0.25, -0.2) is 0 Å². The highest BCUT2D eigenvalue weighted by atomic mass is 16.1. The van der Waals surface area contributed by atoms with Gasteiger partial charge in [-0.15, -0.1) is 0 Å². The Morgan fingerprint density at radius 3 is 1.62 bits per heavy atom. The molecule has 0 unspecified atom stereocenters. The van der Waals surface area contributed by atoms with Crippen LogP contribution >= 0.6 is 0 Å². The number of ketones is 2. The van der Waals surface area contributed by atoms with Crippen LogP contribution in [0.25, 0.3) is 32.3 Å². The molecule has 0 bridgehead atoms. The number of hydrogen-bond donors (Lipinski definition) is 0. The van der Waals surface area contributed by atoms with E-state index >= 15 is 0 Å². The summed E-state index contributed by atoms with van der Waals surface area (Å²) in [5.74, 6) is -0.300. The Hall–Kier alpha value is -4.56. The predicted molar refractivity (Wildman–Crippen MR) is 139 cm³/mol. The van der Waals surface area contributed by atoms with Gasteiger partial charge in [0.05, 0.1) is 0 Å². The molecule has 0 fully saturated rings. The van der Waals surface area contributed by atoms with Crippen molar-refractivity contribution < 1.29 is 9.59 Å². The molecule has 0 aromatic heterocycles. The number of hydrogen-bond acceptors (Lipinski definition) is 2. The zero-order valence-corrected chi connectivity index (χ0v) is 18.4. The van der Waals surface area contributed by atoms with Crippen molar-refractivity contribution in [1.29, 1.82) is 0 Å². The monoisotopic (exact) mass is 436 g/mol. The van der Waals surface area contributed by atoms with Crippen molar-refractivity contribution in [2.75, 3.05) is 0 Å². The van der Waals surface area contributed by atoms with Gasteiger partial charge in [0.25, 0.3) is 0 Å². The van der Waals surface area contributed by atoms with Crippen molar-refractivity contribution in [3.8, 4) is 0 Å². The summed E-state index contributed by atoms with van der Waals surface area (Å²) in [4.78, 5) is 27.3. The van der Waals surface area contributed by atoms with Gasteiger partial charge in [0.2, 0.25) is 0 Å². The molecule has 0 aliphatic rings. The quantitative estimate of drug-likeness (QED) is 0.210. The summed E-state index contributed by atoms with van der Waals surface area (Å²) < 4.78 is 0. The lowest BCUT2D eigenvalue weighted by Crippen LogP contribution is -2.12. The molecule has 2 nitrogen and oxygen atoms in total. The number of carbonyl (C=O) groups excluding carboxylic acids is 2. The van der Waals surface area contributed by atoms with Gasteiger partial charge in [-0.05, 0) is 38.4 Å². The lowest BCUT2D eigenvalue weighted by molar-refractivity contribution is 0.100. The van der Waals surface area contributed by atoms with Gasteiger partial charge < -0.3 is 0 Å². The fourth-order valence-corrected chi connectivity index (χ4v) is 4.82. The van der Waals surface area contributed by atoms with Crippen LogP contribution in [-0.2, 0) is 0 Å².